The summed E-state index contributed by atoms with van der Waals surface area (Å²) in [5.41, 5.74) is -0.339. The molecule has 0 aromatic heterocycles. The smallest absolute Gasteiger partial charge is 0.408 e. The number of hydrogen-bond donors (Lipinski definition) is 2. The maximum atomic E-state index is 13.6. The Bertz CT molecular complexity index is 712. The Kier molecular flexibility index (Phi) is 5.00. The summed E-state index contributed by atoms with van der Waals surface area (Å²) < 4.78 is 5.47. The monoisotopic (exact) mass is 404 g/mol. The second kappa shape index (κ2) is 7.00. The van der Waals surface area contributed by atoms with Gasteiger partial charge in [-0.3, -0.25) is 4.79 Å². The van der Waals surface area contributed by atoms with E-state index in [1.165, 1.54) is 0 Å². The normalized spacial score (nSPS) is 39.6. The molecule has 1 saturated heterocycles. The summed E-state index contributed by atoms with van der Waals surface area (Å²) in [5, 5.41) is 14.1. The van der Waals surface area contributed by atoms with Crippen molar-refractivity contribution in [3.05, 3.63) is 12.2 Å². The zero-order chi connectivity index (χ0) is 21.1. The molecule has 2 N–H and O–H groups in total. The number of amides is 2. The molecule has 5 unspecified atom stereocenters. The van der Waals surface area contributed by atoms with Crippen LogP contribution in [0.25, 0.3) is 0 Å². The van der Waals surface area contributed by atoms with Crippen molar-refractivity contribution in [3.8, 4) is 0 Å². The van der Waals surface area contributed by atoms with Gasteiger partial charge in [0.1, 0.15) is 11.6 Å². The van der Waals surface area contributed by atoms with Gasteiger partial charge in [0.05, 0.1) is 5.60 Å². The van der Waals surface area contributed by atoms with Gasteiger partial charge in [0.25, 0.3) is 0 Å². The summed E-state index contributed by atoms with van der Waals surface area (Å²) >= 11 is 0. The van der Waals surface area contributed by atoms with Gasteiger partial charge in [0, 0.05) is 12.1 Å². The maximum absolute atomic E-state index is 13.6. The fraction of sp³-hybridized carbons (Fsp3) is 0.826. The van der Waals surface area contributed by atoms with Crippen LogP contribution in [0.2, 0.25) is 0 Å². The van der Waals surface area contributed by atoms with E-state index in [-0.39, 0.29) is 17.9 Å². The van der Waals surface area contributed by atoms with Crippen molar-refractivity contribution in [1.29, 1.82) is 0 Å². The highest BCUT2D eigenvalue weighted by molar-refractivity contribution is 5.87. The first-order valence-corrected chi connectivity index (χ1v) is 11.1. The molecule has 162 valence electrons. The van der Waals surface area contributed by atoms with Gasteiger partial charge in [0.2, 0.25) is 5.91 Å². The molecule has 0 radical (unpaired) electrons. The zero-order valence-corrected chi connectivity index (χ0v) is 18.2. The second-order valence-corrected chi connectivity index (χ2v) is 11.1. The zero-order valence-electron chi connectivity index (χ0n) is 18.2. The van der Waals surface area contributed by atoms with Gasteiger partial charge in [-0.25, -0.2) is 4.79 Å². The molecule has 3 saturated carbocycles. The summed E-state index contributed by atoms with van der Waals surface area (Å²) in [4.78, 5) is 28.2. The van der Waals surface area contributed by atoms with Crippen LogP contribution in [0, 0.1) is 17.8 Å². The minimum atomic E-state index is -0.810. The number of carbonyl (C=O) groups is 2. The molecule has 0 aromatic rings. The predicted octanol–water partition coefficient (Wildman–Crippen LogP) is 3.39. The highest BCUT2D eigenvalue weighted by atomic mass is 16.6. The molecule has 0 spiro atoms. The fourth-order valence-electron chi connectivity index (χ4n) is 6.26. The molecule has 1 aliphatic heterocycles. The van der Waals surface area contributed by atoms with Crippen LogP contribution in [-0.2, 0) is 9.53 Å². The molecule has 4 aliphatic rings. The Labute approximate surface area is 174 Å². The Morgan fingerprint density at radius 2 is 2.00 bits per heavy atom. The molecule has 4 fully saturated rings. The van der Waals surface area contributed by atoms with Crippen LogP contribution in [0.15, 0.2) is 12.2 Å². The molecule has 3 aliphatic carbocycles. The van der Waals surface area contributed by atoms with Crippen molar-refractivity contribution in [2.75, 3.05) is 0 Å². The lowest BCUT2D eigenvalue weighted by Gasteiger charge is -2.48. The third-order valence-electron chi connectivity index (χ3n) is 7.13. The Morgan fingerprint density at radius 3 is 2.59 bits per heavy atom. The van der Waals surface area contributed by atoms with E-state index in [1.54, 1.807) is 0 Å². The SMILES string of the molecule is C=C1CC2CC(C(NC(=O)OC(C)(C)C)C(=O)N3C(C)C[C@@H]4C[C@@H]43)CC(O)(C1)C2. The summed E-state index contributed by atoms with van der Waals surface area (Å²) in [5.74, 6) is 0.854. The van der Waals surface area contributed by atoms with Crippen LogP contribution in [0.1, 0.15) is 72.6 Å². The van der Waals surface area contributed by atoms with E-state index in [0.717, 1.165) is 37.7 Å². The first-order valence-electron chi connectivity index (χ1n) is 11.1. The topological polar surface area (TPSA) is 78.9 Å². The Hall–Kier alpha value is -1.56. The van der Waals surface area contributed by atoms with Crippen LogP contribution in [-0.4, -0.2) is 51.3 Å². The standard InChI is InChI=1S/C23H36N2O4/c1-13-6-15-8-17(12-23(28,10-13)11-15)19(24-21(27)29-22(3,4)5)20(26)25-14(2)7-16-9-18(16)25/h14-19,28H,1,6-12H2,2-5H3,(H,24,27)/t14?,15?,16-,17?,18+,19?,23?/m1/s1. The first-order chi connectivity index (χ1) is 13.4. The third-order valence-corrected chi connectivity index (χ3v) is 7.13. The highest BCUT2D eigenvalue weighted by Crippen LogP contribution is 2.50. The minimum absolute atomic E-state index is 0.000703. The molecule has 0 aromatic carbocycles. The molecular formula is C23H36N2O4. The van der Waals surface area contributed by atoms with Crippen LogP contribution < -0.4 is 5.32 Å². The summed E-state index contributed by atoms with van der Waals surface area (Å²) in [6.45, 7) is 11.7. The highest BCUT2D eigenvalue weighted by Gasteiger charge is 2.55. The lowest BCUT2D eigenvalue weighted by Crippen LogP contribution is -2.58. The summed E-state index contributed by atoms with van der Waals surface area (Å²) in [7, 11) is 0. The number of rotatable bonds is 3. The largest absolute Gasteiger partial charge is 0.444 e. The van der Waals surface area contributed by atoms with Crippen LogP contribution >= 0.6 is 0 Å². The van der Waals surface area contributed by atoms with Gasteiger partial charge in [-0.05, 0) is 90.4 Å². The van der Waals surface area contributed by atoms with E-state index < -0.39 is 23.3 Å². The Balaban J connectivity index is 1.55. The number of aliphatic hydroxyl groups is 1. The number of likely N-dealkylation sites (tertiary alicyclic amines) is 1. The molecule has 2 bridgehead atoms. The fourth-order valence-corrected chi connectivity index (χ4v) is 6.26. The minimum Gasteiger partial charge on any atom is -0.444 e. The number of nitrogens with one attached hydrogen (secondary N) is 1. The van der Waals surface area contributed by atoms with Crippen molar-refractivity contribution in [2.24, 2.45) is 17.8 Å². The molecular weight excluding hydrogens is 368 g/mol. The molecule has 1 heterocycles. The lowest BCUT2D eigenvalue weighted by atomic mass is 9.62. The average Bonchev–Trinajstić information content (AvgIpc) is 3.19. The van der Waals surface area contributed by atoms with E-state index in [4.69, 9.17) is 4.74 Å². The average molecular weight is 405 g/mol. The quantitative estimate of drug-likeness (QED) is 0.707. The van der Waals surface area contributed by atoms with Crippen molar-refractivity contribution < 1.29 is 19.4 Å². The summed E-state index contributed by atoms with van der Waals surface area (Å²) in [6, 6.07) is -0.112. The van der Waals surface area contributed by atoms with Crippen molar-refractivity contribution in [3.63, 3.8) is 0 Å². The molecule has 6 heteroatoms. The Morgan fingerprint density at radius 1 is 1.28 bits per heavy atom. The number of piperidine rings is 1. The van der Waals surface area contributed by atoms with Gasteiger partial charge in [-0.15, -0.1) is 0 Å². The van der Waals surface area contributed by atoms with E-state index in [2.05, 4.69) is 18.8 Å². The van der Waals surface area contributed by atoms with E-state index in [9.17, 15) is 14.7 Å². The first kappa shape index (κ1) is 20.7. The molecule has 6 nitrogen and oxygen atoms in total. The van der Waals surface area contributed by atoms with Gasteiger partial charge in [0.15, 0.2) is 0 Å². The van der Waals surface area contributed by atoms with Crippen LogP contribution in [0.4, 0.5) is 4.79 Å². The van der Waals surface area contributed by atoms with E-state index >= 15 is 0 Å². The van der Waals surface area contributed by atoms with Gasteiger partial charge >= 0.3 is 6.09 Å². The van der Waals surface area contributed by atoms with Crippen molar-refractivity contribution >= 4 is 12.0 Å². The van der Waals surface area contributed by atoms with Crippen molar-refractivity contribution in [1.82, 2.24) is 10.2 Å². The molecule has 2 amide bonds. The van der Waals surface area contributed by atoms with Gasteiger partial charge in [-0.2, -0.15) is 0 Å². The van der Waals surface area contributed by atoms with Gasteiger partial charge in [-0.1, -0.05) is 12.2 Å². The van der Waals surface area contributed by atoms with Crippen molar-refractivity contribution in [2.45, 2.75) is 102 Å². The summed E-state index contributed by atoms with van der Waals surface area (Å²) in [6.07, 6.45) is 5.17. The molecule has 7 atom stereocenters. The second-order valence-electron chi connectivity index (χ2n) is 11.1. The van der Waals surface area contributed by atoms with E-state index in [1.807, 2.05) is 25.7 Å². The van der Waals surface area contributed by atoms with Crippen LogP contribution in [0.3, 0.4) is 0 Å². The number of alkyl carbamates (subject to hydrolysis) is 1. The lowest BCUT2D eigenvalue weighted by molar-refractivity contribution is -0.139. The number of carbonyl (C=O) groups excluding carboxylic acids is 2. The van der Waals surface area contributed by atoms with Crippen LogP contribution in [0.5, 0.6) is 0 Å². The number of nitrogens with zero attached hydrogens (tertiary/aromatic N) is 1. The number of fused-ring (bicyclic) bond motifs is 3. The maximum Gasteiger partial charge on any atom is 0.408 e. The van der Waals surface area contributed by atoms with Gasteiger partial charge < -0.3 is 20.1 Å². The third kappa shape index (κ3) is 4.32. The van der Waals surface area contributed by atoms with E-state index in [0.29, 0.717) is 30.7 Å². The molecule has 4 rings (SSSR count). The number of ether oxygens (including phenoxy) is 1. The number of hydrogen-bond acceptors (Lipinski definition) is 4. The predicted molar refractivity (Wildman–Crippen MR) is 110 cm³/mol. The molecule has 29 heavy (non-hydrogen) atoms.